The fourth-order valence-corrected chi connectivity index (χ4v) is 5.69. The van der Waals surface area contributed by atoms with Crippen molar-refractivity contribution >= 4 is 31.6 Å². The highest BCUT2D eigenvalue weighted by molar-refractivity contribution is 7.89. The molecule has 0 aliphatic heterocycles. The van der Waals surface area contributed by atoms with Crippen molar-refractivity contribution in [2.24, 2.45) is 0 Å². The molecule has 1 N–H and O–H groups in total. The van der Waals surface area contributed by atoms with Crippen molar-refractivity contribution in [3.8, 4) is 5.75 Å². The van der Waals surface area contributed by atoms with Gasteiger partial charge in [-0.2, -0.15) is 0 Å². The summed E-state index contributed by atoms with van der Waals surface area (Å²) >= 11 is 1.05. The second-order valence-electron chi connectivity index (χ2n) is 7.67. The van der Waals surface area contributed by atoms with Crippen LogP contribution in [-0.4, -0.2) is 25.6 Å². The number of nitrogens with zero attached hydrogens (tertiary/aromatic N) is 1. The summed E-state index contributed by atoms with van der Waals surface area (Å²) in [5.74, 6) is 0.726. The Morgan fingerprint density at radius 3 is 2.50 bits per heavy atom. The Morgan fingerprint density at radius 1 is 1.03 bits per heavy atom. The summed E-state index contributed by atoms with van der Waals surface area (Å²) in [4.78, 5) is 12.5. The van der Waals surface area contributed by atoms with Gasteiger partial charge in [0.2, 0.25) is 10.0 Å². The van der Waals surface area contributed by atoms with Crippen LogP contribution in [-0.2, 0) is 16.6 Å². The van der Waals surface area contributed by atoms with Gasteiger partial charge in [-0.25, -0.2) is 13.1 Å². The molecule has 1 heterocycles. The lowest BCUT2D eigenvalue weighted by Gasteiger charge is -2.16. The van der Waals surface area contributed by atoms with E-state index in [1.165, 1.54) is 6.07 Å². The van der Waals surface area contributed by atoms with E-state index in [1.807, 2.05) is 61.5 Å². The zero-order valence-corrected chi connectivity index (χ0v) is 19.4. The first kappa shape index (κ1) is 22.3. The third kappa shape index (κ3) is 4.93. The van der Waals surface area contributed by atoms with Crippen LogP contribution in [0.5, 0.6) is 5.75 Å². The van der Waals surface area contributed by atoms with Crippen molar-refractivity contribution in [3.63, 3.8) is 0 Å². The van der Waals surface area contributed by atoms with Gasteiger partial charge in [0.15, 0.2) is 0 Å². The second kappa shape index (κ2) is 9.28. The second-order valence-corrected chi connectivity index (χ2v) is 10.4. The molecule has 0 spiro atoms. The number of thiazole rings is 1. The molecule has 0 bridgehead atoms. The summed E-state index contributed by atoms with van der Waals surface area (Å²) in [5, 5.41) is 0. The molecule has 0 fully saturated rings. The third-order valence-corrected chi connectivity index (χ3v) is 7.60. The molecule has 0 aliphatic rings. The average molecular weight is 469 g/mol. The van der Waals surface area contributed by atoms with Crippen LogP contribution in [0.2, 0.25) is 0 Å². The summed E-state index contributed by atoms with van der Waals surface area (Å²) in [6.07, 6.45) is 0. The molecule has 0 aliphatic carbocycles. The normalized spacial score (nSPS) is 12.7. The maximum atomic E-state index is 12.9. The highest BCUT2D eigenvalue weighted by atomic mass is 32.2. The minimum atomic E-state index is -3.76. The standard InChI is InChI=1S/C24H24N2O4S2/c1-17-8-6-7-11-22(17)30-16-18(2)25-32(28,29)20-12-13-21-23(14-20)31-24(27)26(21)15-19-9-4-3-5-10-19/h3-14,18,25H,15-16H2,1-2H3/t18-/m1/s1. The molecule has 0 radical (unpaired) electrons. The van der Waals surface area contributed by atoms with Gasteiger partial charge in [0.05, 0.1) is 27.7 Å². The van der Waals surface area contributed by atoms with Gasteiger partial charge in [-0.15, -0.1) is 0 Å². The highest BCUT2D eigenvalue weighted by Gasteiger charge is 2.20. The predicted molar refractivity (Wildman–Crippen MR) is 128 cm³/mol. The van der Waals surface area contributed by atoms with Gasteiger partial charge in [0.1, 0.15) is 12.4 Å². The molecule has 0 amide bonds. The first-order chi connectivity index (χ1) is 15.3. The Hall–Kier alpha value is -2.94. The molecule has 6 nitrogen and oxygen atoms in total. The molecule has 0 saturated carbocycles. The van der Waals surface area contributed by atoms with Crippen LogP contribution >= 0.6 is 11.3 Å². The van der Waals surface area contributed by atoms with Crippen LogP contribution in [0.3, 0.4) is 0 Å². The summed E-state index contributed by atoms with van der Waals surface area (Å²) in [7, 11) is -3.76. The Balaban J connectivity index is 1.51. The Bertz CT molecular complexity index is 1390. The smallest absolute Gasteiger partial charge is 0.308 e. The van der Waals surface area contributed by atoms with Crippen LogP contribution in [0, 0.1) is 6.92 Å². The number of fused-ring (bicyclic) bond motifs is 1. The minimum absolute atomic E-state index is 0.119. The maximum absolute atomic E-state index is 12.9. The van der Waals surface area contributed by atoms with Crippen LogP contribution in [0.25, 0.3) is 10.2 Å². The van der Waals surface area contributed by atoms with Crippen LogP contribution < -0.4 is 14.3 Å². The lowest BCUT2D eigenvalue weighted by atomic mass is 10.2. The number of benzene rings is 3. The van der Waals surface area contributed by atoms with Crippen molar-refractivity contribution in [2.45, 2.75) is 31.3 Å². The summed E-state index contributed by atoms with van der Waals surface area (Å²) in [6.45, 7) is 4.34. The zero-order valence-electron chi connectivity index (χ0n) is 17.8. The maximum Gasteiger partial charge on any atom is 0.308 e. The quantitative estimate of drug-likeness (QED) is 0.421. The minimum Gasteiger partial charge on any atom is -0.492 e. The predicted octanol–water partition coefficient (Wildman–Crippen LogP) is 4.17. The van der Waals surface area contributed by atoms with Gasteiger partial charge < -0.3 is 4.74 Å². The van der Waals surface area contributed by atoms with Gasteiger partial charge in [0.25, 0.3) is 0 Å². The summed E-state index contributed by atoms with van der Waals surface area (Å²) in [6, 6.07) is 21.6. The largest absolute Gasteiger partial charge is 0.492 e. The summed E-state index contributed by atoms with van der Waals surface area (Å²) in [5.41, 5.74) is 2.72. The van der Waals surface area contributed by atoms with E-state index in [4.69, 9.17) is 4.74 Å². The molecular formula is C24H24N2O4S2. The fraction of sp³-hybridized carbons (Fsp3) is 0.208. The molecular weight excluding hydrogens is 444 g/mol. The topological polar surface area (TPSA) is 77.4 Å². The Morgan fingerprint density at radius 2 is 1.75 bits per heavy atom. The number of hydrogen-bond donors (Lipinski definition) is 1. The number of aryl methyl sites for hydroxylation is 1. The SMILES string of the molecule is Cc1ccccc1OC[C@@H](C)NS(=O)(=O)c1ccc2c(c1)sc(=O)n2Cc1ccccc1. The summed E-state index contributed by atoms with van der Waals surface area (Å²) < 4.78 is 36.5. The molecule has 3 aromatic carbocycles. The van der Waals surface area contributed by atoms with Gasteiger partial charge in [-0.05, 0) is 49.2 Å². The Labute approximate surface area is 191 Å². The lowest BCUT2D eigenvalue weighted by Crippen LogP contribution is -2.36. The fourth-order valence-electron chi connectivity index (χ4n) is 3.43. The van der Waals surface area contributed by atoms with Crippen LogP contribution in [0.4, 0.5) is 0 Å². The third-order valence-electron chi connectivity index (χ3n) is 5.07. The van der Waals surface area contributed by atoms with Gasteiger partial charge >= 0.3 is 4.87 Å². The molecule has 8 heteroatoms. The van der Waals surface area contributed by atoms with E-state index in [1.54, 1.807) is 23.6 Å². The first-order valence-electron chi connectivity index (χ1n) is 10.2. The number of ether oxygens (including phenoxy) is 1. The van der Waals surface area contributed by atoms with Gasteiger partial charge in [-0.1, -0.05) is 59.9 Å². The van der Waals surface area contributed by atoms with Crippen molar-refractivity contribution in [3.05, 3.63) is 93.6 Å². The van der Waals surface area contributed by atoms with E-state index >= 15 is 0 Å². The van der Waals surface area contributed by atoms with Gasteiger partial charge in [0, 0.05) is 0 Å². The number of rotatable bonds is 8. The molecule has 0 saturated heterocycles. The van der Waals surface area contributed by atoms with Crippen molar-refractivity contribution in [1.82, 2.24) is 9.29 Å². The Kier molecular flexibility index (Phi) is 6.45. The molecule has 1 aromatic heterocycles. The van der Waals surface area contributed by atoms with E-state index in [9.17, 15) is 13.2 Å². The van der Waals surface area contributed by atoms with Crippen molar-refractivity contribution in [1.29, 1.82) is 0 Å². The number of hydrogen-bond acceptors (Lipinski definition) is 5. The van der Waals surface area contributed by atoms with E-state index in [0.717, 1.165) is 33.7 Å². The van der Waals surface area contributed by atoms with E-state index in [0.29, 0.717) is 11.2 Å². The number of nitrogens with one attached hydrogen (secondary N) is 1. The molecule has 4 aromatic rings. The lowest BCUT2D eigenvalue weighted by molar-refractivity contribution is 0.286. The van der Waals surface area contributed by atoms with Crippen molar-refractivity contribution < 1.29 is 13.2 Å². The highest BCUT2D eigenvalue weighted by Crippen LogP contribution is 2.23. The van der Waals surface area contributed by atoms with Crippen LogP contribution in [0.15, 0.2) is 82.5 Å². The van der Waals surface area contributed by atoms with E-state index < -0.39 is 16.1 Å². The number of para-hydroxylation sites is 1. The molecule has 1 atom stereocenters. The van der Waals surface area contributed by atoms with Crippen LogP contribution in [0.1, 0.15) is 18.1 Å². The average Bonchev–Trinajstić information content (AvgIpc) is 3.08. The molecule has 32 heavy (non-hydrogen) atoms. The van der Waals surface area contributed by atoms with E-state index in [-0.39, 0.29) is 16.4 Å². The number of sulfonamides is 1. The van der Waals surface area contributed by atoms with E-state index in [2.05, 4.69) is 4.72 Å². The van der Waals surface area contributed by atoms with Gasteiger partial charge in [-0.3, -0.25) is 9.36 Å². The zero-order chi connectivity index (χ0) is 22.7. The molecule has 166 valence electrons. The number of aromatic nitrogens is 1. The first-order valence-corrected chi connectivity index (χ1v) is 12.5. The monoisotopic (exact) mass is 468 g/mol. The van der Waals surface area contributed by atoms with Crippen molar-refractivity contribution in [2.75, 3.05) is 6.61 Å². The molecule has 0 unspecified atom stereocenters. The molecule has 4 rings (SSSR count).